The van der Waals surface area contributed by atoms with Crippen molar-refractivity contribution in [3.8, 4) is 0 Å². The van der Waals surface area contributed by atoms with E-state index in [1.165, 1.54) is 0 Å². The molecule has 0 radical (unpaired) electrons. The Labute approximate surface area is 154 Å². The summed E-state index contributed by atoms with van der Waals surface area (Å²) >= 11 is 0. The Kier molecular flexibility index (Phi) is 3.77. The lowest BCUT2D eigenvalue weighted by atomic mass is 9.59. The van der Waals surface area contributed by atoms with Gasteiger partial charge >= 0.3 is 0 Å². The summed E-state index contributed by atoms with van der Waals surface area (Å²) < 4.78 is 18.1. The van der Waals surface area contributed by atoms with Crippen LogP contribution in [0.15, 0.2) is 0 Å². The highest BCUT2D eigenvalue weighted by molar-refractivity contribution is 5.86. The second-order valence-corrected chi connectivity index (χ2v) is 8.99. The second kappa shape index (κ2) is 5.64. The Morgan fingerprint density at radius 1 is 1.04 bits per heavy atom. The van der Waals surface area contributed by atoms with Crippen LogP contribution in [-0.4, -0.2) is 60.4 Å². The zero-order valence-electron chi connectivity index (χ0n) is 15.9. The van der Waals surface area contributed by atoms with E-state index in [2.05, 4.69) is 6.92 Å². The molecule has 1 aliphatic carbocycles. The molecule has 7 nitrogen and oxygen atoms in total. The molecule has 1 saturated carbocycles. The van der Waals surface area contributed by atoms with Gasteiger partial charge in [-0.25, -0.2) is 9.78 Å². The van der Waals surface area contributed by atoms with Gasteiger partial charge < -0.3 is 19.1 Å². The van der Waals surface area contributed by atoms with Gasteiger partial charge in [0, 0.05) is 25.4 Å². The molecule has 6 rings (SSSR count). The second-order valence-electron chi connectivity index (χ2n) is 8.99. The van der Waals surface area contributed by atoms with E-state index < -0.39 is 23.3 Å². The summed E-state index contributed by atoms with van der Waals surface area (Å²) in [4.78, 5) is 27.2. The third kappa shape index (κ3) is 2.15. The third-order valence-corrected chi connectivity index (χ3v) is 7.46. The van der Waals surface area contributed by atoms with Crippen molar-refractivity contribution >= 4 is 5.91 Å². The smallest absolute Gasteiger partial charge is 0.255 e. The Balaban J connectivity index is 1.54. The maximum Gasteiger partial charge on any atom is 0.255 e. The van der Waals surface area contributed by atoms with Gasteiger partial charge in [0.2, 0.25) is 5.79 Å². The number of fused-ring (bicyclic) bond motifs is 2. The summed E-state index contributed by atoms with van der Waals surface area (Å²) in [5.74, 6) is -0.0765. The molecule has 2 bridgehead atoms. The van der Waals surface area contributed by atoms with Gasteiger partial charge in [0.1, 0.15) is 0 Å². The summed E-state index contributed by atoms with van der Waals surface area (Å²) in [6.07, 6.45) is 3.14. The van der Waals surface area contributed by atoms with Crippen molar-refractivity contribution in [3.63, 3.8) is 0 Å². The molecule has 0 aromatic carbocycles. The molecule has 1 unspecified atom stereocenters. The highest BCUT2D eigenvalue weighted by Crippen LogP contribution is 2.63. The van der Waals surface area contributed by atoms with Gasteiger partial charge in [-0.2, -0.15) is 0 Å². The Morgan fingerprint density at radius 2 is 1.81 bits per heavy atom. The number of hydrogen-bond donors (Lipinski definition) is 0. The van der Waals surface area contributed by atoms with Gasteiger partial charge in [-0.3, -0.25) is 4.79 Å². The number of carbonyl (C=O) groups excluding carboxylic acids is 1. The van der Waals surface area contributed by atoms with Crippen molar-refractivity contribution in [2.45, 2.75) is 69.7 Å². The molecule has 26 heavy (non-hydrogen) atoms. The molecule has 146 valence electrons. The molecule has 0 N–H and O–H groups in total. The zero-order valence-corrected chi connectivity index (χ0v) is 15.9. The monoisotopic (exact) mass is 367 g/mol. The summed E-state index contributed by atoms with van der Waals surface area (Å²) in [5.41, 5.74) is -1.64. The fourth-order valence-corrected chi connectivity index (χ4v) is 5.99. The predicted molar refractivity (Wildman–Crippen MR) is 89.7 cm³/mol. The van der Waals surface area contributed by atoms with Crippen molar-refractivity contribution in [1.29, 1.82) is 0 Å². The van der Waals surface area contributed by atoms with Gasteiger partial charge in [0.15, 0.2) is 17.5 Å². The molecule has 1 spiro atoms. The number of carbonyl (C=O) groups is 1. The van der Waals surface area contributed by atoms with Crippen LogP contribution in [0.25, 0.3) is 0 Å². The Morgan fingerprint density at radius 3 is 2.58 bits per heavy atom. The van der Waals surface area contributed by atoms with E-state index in [9.17, 15) is 4.79 Å². The maximum atomic E-state index is 13.5. The highest BCUT2D eigenvalue weighted by atomic mass is 17.3. The first-order valence-electron chi connectivity index (χ1n) is 9.99. The molecule has 0 aromatic heterocycles. The molecular formula is C19H29NO6. The fourth-order valence-electron chi connectivity index (χ4n) is 5.99. The number of morpholine rings is 1. The average Bonchev–Trinajstić information content (AvgIpc) is 2.73. The minimum Gasteiger partial charge on any atom is -0.378 e. The summed E-state index contributed by atoms with van der Waals surface area (Å²) in [7, 11) is 0. The van der Waals surface area contributed by atoms with E-state index >= 15 is 0 Å². The van der Waals surface area contributed by atoms with Crippen LogP contribution >= 0.6 is 0 Å². The summed E-state index contributed by atoms with van der Waals surface area (Å²) in [5, 5.41) is 0. The number of nitrogens with zero attached hydrogens (tertiary/aromatic N) is 1. The first-order valence-corrected chi connectivity index (χ1v) is 9.99. The lowest BCUT2D eigenvalue weighted by Crippen LogP contribution is -2.63. The SMILES string of the molecule is C[C@@H]1CCC2[C@]34OO[C@](C)(CC[C@@H]13)O[C@@H]4O[C@]2(C)C(=O)N1CCOCC1. The van der Waals surface area contributed by atoms with Gasteiger partial charge in [0.25, 0.3) is 5.91 Å². The van der Waals surface area contributed by atoms with Gasteiger partial charge in [-0.05, 0) is 44.9 Å². The van der Waals surface area contributed by atoms with Crippen molar-refractivity contribution in [2.75, 3.05) is 26.3 Å². The van der Waals surface area contributed by atoms with E-state index in [4.69, 9.17) is 24.0 Å². The molecular weight excluding hydrogens is 338 g/mol. The lowest BCUT2D eigenvalue weighted by molar-refractivity contribution is -0.541. The van der Waals surface area contributed by atoms with Crippen LogP contribution in [0, 0.1) is 17.8 Å². The standard InChI is InChI=1S/C19H29NO6/c1-12-4-5-14-18(3,15(21)20-8-10-22-11-9-20)24-16-19(14)13(12)6-7-17(2,23-16)25-26-19/h12-14,16H,4-11H2,1-3H3/t12-,13+,14?,16-,17-,18+,19-/m1/s1. The molecule has 0 aromatic rings. The molecule has 7 heteroatoms. The van der Waals surface area contributed by atoms with E-state index in [1.807, 2.05) is 18.7 Å². The first-order chi connectivity index (χ1) is 12.4. The van der Waals surface area contributed by atoms with Crippen LogP contribution in [0.1, 0.15) is 46.5 Å². The number of ether oxygens (including phenoxy) is 3. The van der Waals surface area contributed by atoms with E-state index in [0.29, 0.717) is 32.2 Å². The number of hydrogen-bond acceptors (Lipinski definition) is 6. The van der Waals surface area contributed by atoms with Gasteiger partial charge in [-0.1, -0.05) is 6.92 Å². The van der Waals surface area contributed by atoms with Gasteiger partial charge in [0.05, 0.1) is 13.2 Å². The van der Waals surface area contributed by atoms with Crippen LogP contribution in [0.2, 0.25) is 0 Å². The average molecular weight is 367 g/mol. The predicted octanol–water partition coefficient (Wildman–Crippen LogP) is 1.85. The molecule has 6 aliphatic rings. The molecule has 5 heterocycles. The van der Waals surface area contributed by atoms with Crippen LogP contribution in [-0.2, 0) is 28.8 Å². The number of amides is 1. The van der Waals surface area contributed by atoms with E-state index in [-0.39, 0.29) is 17.7 Å². The molecule has 7 atom stereocenters. The summed E-state index contributed by atoms with van der Waals surface area (Å²) in [6.45, 7) is 8.48. The van der Waals surface area contributed by atoms with Crippen molar-refractivity contribution < 1.29 is 28.8 Å². The Bertz CT molecular complexity index is 609. The molecule has 5 saturated heterocycles. The van der Waals surface area contributed by atoms with Crippen molar-refractivity contribution in [1.82, 2.24) is 4.90 Å². The van der Waals surface area contributed by atoms with E-state index in [1.54, 1.807) is 0 Å². The largest absolute Gasteiger partial charge is 0.378 e. The lowest BCUT2D eigenvalue weighted by Gasteiger charge is -2.50. The van der Waals surface area contributed by atoms with E-state index in [0.717, 1.165) is 25.7 Å². The minimum absolute atomic E-state index is 0.0300. The molecule has 5 aliphatic heterocycles. The van der Waals surface area contributed by atoms with Crippen molar-refractivity contribution in [2.24, 2.45) is 17.8 Å². The fraction of sp³-hybridized carbons (Fsp3) is 0.947. The van der Waals surface area contributed by atoms with Crippen LogP contribution in [0.5, 0.6) is 0 Å². The summed E-state index contributed by atoms with van der Waals surface area (Å²) in [6, 6.07) is 0. The molecule has 6 fully saturated rings. The molecule has 1 amide bonds. The first kappa shape index (κ1) is 17.4. The minimum atomic E-state index is -0.952. The third-order valence-electron chi connectivity index (χ3n) is 7.46. The number of rotatable bonds is 1. The van der Waals surface area contributed by atoms with Crippen LogP contribution < -0.4 is 0 Å². The van der Waals surface area contributed by atoms with Gasteiger partial charge in [-0.15, -0.1) is 0 Å². The topological polar surface area (TPSA) is 66.5 Å². The highest BCUT2D eigenvalue weighted by Gasteiger charge is 2.75. The maximum absolute atomic E-state index is 13.5. The Hall–Kier alpha value is -0.730. The van der Waals surface area contributed by atoms with Crippen molar-refractivity contribution in [3.05, 3.63) is 0 Å². The van der Waals surface area contributed by atoms with Crippen LogP contribution in [0.4, 0.5) is 0 Å². The zero-order chi connectivity index (χ0) is 18.2. The normalized spacial score (nSPS) is 53.3. The quantitative estimate of drug-likeness (QED) is 0.659. The van der Waals surface area contributed by atoms with Crippen LogP contribution in [0.3, 0.4) is 0 Å².